The fraction of sp³-hybridized carbons (Fsp3) is 0.269. The number of carbonyl (C=O) groups is 2. The van der Waals surface area contributed by atoms with Gasteiger partial charge in [0.15, 0.2) is 17.3 Å². The highest BCUT2D eigenvalue weighted by Crippen LogP contribution is 2.32. The molecule has 0 aliphatic carbocycles. The second kappa shape index (κ2) is 10.4. The summed E-state index contributed by atoms with van der Waals surface area (Å²) in [7, 11) is 1.55. The van der Waals surface area contributed by atoms with Gasteiger partial charge in [-0.1, -0.05) is 36.4 Å². The van der Waals surface area contributed by atoms with Crippen LogP contribution in [0.15, 0.2) is 64.2 Å². The van der Waals surface area contributed by atoms with E-state index in [-0.39, 0.29) is 23.7 Å². The summed E-state index contributed by atoms with van der Waals surface area (Å²) in [6, 6.07) is 15.1. The maximum absolute atomic E-state index is 12.8. The Labute approximate surface area is 213 Å². The van der Waals surface area contributed by atoms with Crippen LogP contribution in [0.2, 0.25) is 0 Å². The number of fused-ring (bicyclic) bond motifs is 1. The molecule has 1 saturated heterocycles. The highest BCUT2D eigenvalue weighted by Gasteiger charge is 2.36. The Balaban J connectivity index is 1.31. The number of likely N-dealkylation sites (tertiary alicyclic amines) is 1. The molecule has 9 nitrogen and oxygen atoms in total. The SMILES string of the molecule is COc1cc(C=C2C(=N)N3N=C(CC(=O)N4CCCC4)SC3=NC2=O)ccc1OCc1ccccc1. The molecule has 5 rings (SSSR count). The van der Waals surface area contributed by atoms with Crippen LogP contribution in [0.1, 0.15) is 30.4 Å². The number of carbonyl (C=O) groups excluding carboxylic acids is 2. The molecule has 1 fully saturated rings. The van der Waals surface area contributed by atoms with E-state index in [1.54, 1.807) is 31.4 Å². The summed E-state index contributed by atoms with van der Waals surface area (Å²) in [5, 5.41) is 15.1. The lowest BCUT2D eigenvalue weighted by atomic mass is 10.1. The van der Waals surface area contributed by atoms with Gasteiger partial charge in [0, 0.05) is 13.1 Å². The molecule has 0 radical (unpaired) electrons. The Kier molecular flexibility index (Phi) is 6.86. The fourth-order valence-electron chi connectivity index (χ4n) is 4.11. The third-order valence-electron chi connectivity index (χ3n) is 5.99. The van der Waals surface area contributed by atoms with Crippen LogP contribution in [0.3, 0.4) is 0 Å². The van der Waals surface area contributed by atoms with Gasteiger partial charge in [0.05, 0.1) is 19.1 Å². The Morgan fingerprint density at radius 2 is 1.92 bits per heavy atom. The van der Waals surface area contributed by atoms with Crippen molar-refractivity contribution in [3.63, 3.8) is 0 Å². The van der Waals surface area contributed by atoms with E-state index >= 15 is 0 Å². The normalized spacial score (nSPS) is 18.3. The van der Waals surface area contributed by atoms with Crippen LogP contribution in [0.25, 0.3) is 6.08 Å². The number of hydrogen-bond donors (Lipinski definition) is 1. The minimum Gasteiger partial charge on any atom is -0.493 e. The van der Waals surface area contributed by atoms with Crippen molar-refractivity contribution in [2.24, 2.45) is 10.1 Å². The summed E-state index contributed by atoms with van der Waals surface area (Å²) >= 11 is 1.16. The van der Waals surface area contributed by atoms with Crippen molar-refractivity contribution in [1.29, 1.82) is 5.41 Å². The van der Waals surface area contributed by atoms with Gasteiger partial charge in [0.2, 0.25) is 11.1 Å². The van der Waals surface area contributed by atoms with Gasteiger partial charge in [-0.2, -0.15) is 15.1 Å². The van der Waals surface area contributed by atoms with Crippen LogP contribution in [0.4, 0.5) is 0 Å². The topological polar surface area (TPSA) is 108 Å². The summed E-state index contributed by atoms with van der Waals surface area (Å²) in [6.07, 6.45) is 3.76. The molecule has 2 amide bonds. The molecule has 0 unspecified atom stereocenters. The van der Waals surface area contributed by atoms with E-state index in [4.69, 9.17) is 14.9 Å². The molecule has 184 valence electrons. The van der Waals surface area contributed by atoms with Crippen LogP contribution in [0, 0.1) is 5.41 Å². The zero-order valence-electron chi connectivity index (χ0n) is 19.8. The van der Waals surface area contributed by atoms with Crippen molar-refractivity contribution in [3.05, 3.63) is 65.2 Å². The smallest absolute Gasteiger partial charge is 0.283 e. The first kappa shape index (κ1) is 23.8. The standard InChI is InChI=1S/C26H25N5O4S/c1-34-21-14-18(9-10-20(21)35-16-17-7-3-2-4-8-17)13-19-24(27)31-26(28-25(19)33)36-22(29-31)15-23(32)30-11-5-6-12-30/h2-4,7-10,13-14,27H,5-6,11-12,15-16H2,1H3. The molecular formula is C26H25N5O4S. The highest BCUT2D eigenvalue weighted by molar-refractivity contribution is 8.27. The number of hydrogen-bond acceptors (Lipinski definition) is 7. The summed E-state index contributed by atoms with van der Waals surface area (Å²) < 4.78 is 11.4. The van der Waals surface area contributed by atoms with Crippen LogP contribution < -0.4 is 9.47 Å². The lowest BCUT2D eigenvalue weighted by Crippen LogP contribution is -2.35. The number of nitrogens with zero attached hydrogens (tertiary/aromatic N) is 4. The van der Waals surface area contributed by atoms with Crippen LogP contribution >= 0.6 is 11.8 Å². The second-order valence-corrected chi connectivity index (χ2v) is 9.50. The molecule has 1 N–H and O–H groups in total. The second-order valence-electron chi connectivity index (χ2n) is 8.46. The van der Waals surface area contributed by atoms with E-state index in [0.29, 0.717) is 33.9 Å². The molecule has 3 heterocycles. The van der Waals surface area contributed by atoms with Crippen LogP contribution in [0.5, 0.6) is 11.5 Å². The summed E-state index contributed by atoms with van der Waals surface area (Å²) in [6.45, 7) is 1.93. The summed E-state index contributed by atoms with van der Waals surface area (Å²) in [5.74, 6) is 0.488. The van der Waals surface area contributed by atoms with E-state index in [2.05, 4.69) is 10.1 Å². The van der Waals surface area contributed by atoms with Crippen LogP contribution in [-0.2, 0) is 16.2 Å². The fourth-order valence-corrected chi connectivity index (χ4v) is 4.98. The average molecular weight is 504 g/mol. The molecule has 36 heavy (non-hydrogen) atoms. The first-order valence-corrected chi connectivity index (χ1v) is 12.4. The van der Waals surface area contributed by atoms with Gasteiger partial charge in [-0.05, 0) is 53.9 Å². The Bertz CT molecular complexity index is 1300. The number of benzene rings is 2. The van der Waals surface area contributed by atoms with Gasteiger partial charge in [0.25, 0.3) is 5.91 Å². The van der Waals surface area contributed by atoms with E-state index in [1.807, 2.05) is 35.2 Å². The molecule has 3 aliphatic heterocycles. The zero-order valence-corrected chi connectivity index (χ0v) is 20.6. The zero-order chi connectivity index (χ0) is 25.1. The van der Waals surface area contributed by atoms with Crippen molar-refractivity contribution in [2.45, 2.75) is 25.9 Å². The van der Waals surface area contributed by atoms with Gasteiger partial charge in [-0.15, -0.1) is 0 Å². The maximum Gasteiger partial charge on any atom is 0.283 e. The van der Waals surface area contributed by atoms with Gasteiger partial charge >= 0.3 is 0 Å². The van der Waals surface area contributed by atoms with E-state index in [9.17, 15) is 9.59 Å². The highest BCUT2D eigenvalue weighted by atomic mass is 32.2. The number of amides is 2. The molecule has 2 aromatic rings. The quantitative estimate of drug-likeness (QED) is 0.574. The van der Waals surface area contributed by atoms with Gasteiger partial charge in [-0.25, -0.2) is 0 Å². The third kappa shape index (κ3) is 5.03. The Hall–Kier alpha value is -3.92. The van der Waals surface area contributed by atoms with Crippen molar-refractivity contribution >= 4 is 45.7 Å². The molecule has 0 bridgehead atoms. The van der Waals surface area contributed by atoms with E-state index in [1.165, 1.54) is 5.01 Å². The predicted octanol–water partition coefficient (Wildman–Crippen LogP) is 3.91. The molecule has 0 atom stereocenters. The number of rotatable bonds is 7. The number of nitrogens with one attached hydrogen (secondary N) is 1. The van der Waals surface area contributed by atoms with Crippen molar-refractivity contribution < 1.29 is 19.1 Å². The average Bonchev–Trinajstić information content (AvgIpc) is 3.57. The van der Waals surface area contributed by atoms with Crippen molar-refractivity contribution in [2.75, 3.05) is 20.2 Å². The number of aliphatic imine (C=N–C) groups is 1. The first-order chi connectivity index (χ1) is 17.5. The monoisotopic (exact) mass is 503 g/mol. The number of methoxy groups -OCH3 is 1. The molecule has 3 aliphatic rings. The number of ether oxygens (including phenoxy) is 2. The molecule has 0 saturated carbocycles. The largest absolute Gasteiger partial charge is 0.493 e. The third-order valence-corrected chi connectivity index (χ3v) is 6.90. The lowest BCUT2D eigenvalue weighted by Gasteiger charge is -2.20. The number of amidine groups is 2. The minimum atomic E-state index is -0.524. The van der Waals surface area contributed by atoms with Gasteiger partial charge < -0.3 is 14.4 Å². The first-order valence-electron chi connectivity index (χ1n) is 11.6. The van der Waals surface area contributed by atoms with Gasteiger partial charge in [0.1, 0.15) is 11.7 Å². The lowest BCUT2D eigenvalue weighted by molar-refractivity contribution is -0.128. The summed E-state index contributed by atoms with van der Waals surface area (Å²) in [5.41, 5.74) is 1.80. The Morgan fingerprint density at radius 1 is 1.14 bits per heavy atom. The molecule has 2 aromatic carbocycles. The van der Waals surface area contributed by atoms with Crippen molar-refractivity contribution in [1.82, 2.24) is 9.91 Å². The number of hydrazone groups is 1. The van der Waals surface area contributed by atoms with E-state index < -0.39 is 5.91 Å². The molecule has 0 aromatic heterocycles. The number of thioether (sulfide) groups is 1. The Morgan fingerprint density at radius 3 is 2.67 bits per heavy atom. The minimum absolute atomic E-state index is 0.00878. The van der Waals surface area contributed by atoms with Gasteiger partial charge in [-0.3, -0.25) is 15.0 Å². The van der Waals surface area contributed by atoms with Crippen molar-refractivity contribution in [3.8, 4) is 11.5 Å². The molecular weight excluding hydrogens is 478 g/mol. The predicted molar refractivity (Wildman–Crippen MR) is 139 cm³/mol. The molecule has 10 heteroatoms. The summed E-state index contributed by atoms with van der Waals surface area (Å²) in [4.78, 5) is 31.2. The maximum atomic E-state index is 12.8. The van der Waals surface area contributed by atoms with E-state index in [0.717, 1.165) is 43.3 Å². The van der Waals surface area contributed by atoms with Crippen LogP contribution in [-0.4, -0.2) is 58.0 Å². The molecule has 0 spiro atoms.